The van der Waals surface area contributed by atoms with E-state index in [0.29, 0.717) is 0 Å². The lowest BCUT2D eigenvalue weighted by Crippen LogP contribution is -2.43. The molecule has 1 aliphatic rings. The van der Waals surface area contributed by atoms with Crippen molar-refractivity contribution in [1.29, 1.82) is 0 Å². The summed E-state index contributed by atoms with van der Waals surface area (Å²) >= 11 is 6.04. The van der Waals surface area contributed by atoms with E-state index in [2.05, 4.69) is 52.7 Å². The molecule has 25 heavy (non-hydrogen) atoms. The summed E-state index contributed by atoms with van der Waals surface area (Å²) in [5.41, 5.74) is 2.49. The quantitative estimate of drug-likeness (QED) is 0.723. The molecule has 0 spiro atoms. The van der Waals surface area contributed by atoms with Gasteiger partial charge in [-0.3, -0.25) is 0 Å². The van der Waals surface area contributed by atoms with Gasteiger partial charge in [-0.1, -0.05) is 54.1 Å². The molecule has 1 unspecified atom stereocenters. The van der Waals surface area contributed by atoms with Gasteiger partial charge in [0.2, 0.25) is 0 Å². The minimum Gasteiger partial charge on any atom is -0.373 e. The van der Waals surface area contributed by atoms with Crippen molar-refractivity contribution in [3.63, 3.8) is 0 Å². The number of hydrogen-bond acceptors (Lipinski definition) is 3. The van der Waals surface area contributed by atoms with Crippen LogP contribution in [0.1, 0.15) is 23.7 Å². The highest BCUT2D eigenvalue weighted by Crippen LogP contribution is 2.24. The van der Waals surface area contributed by atoms with Crippen molar-refractivity contribution in [1.82, 2.24) is 10.2 Å². The van der Waals surface area contributed by atoms with E-state index >= 15 is 0 Å². The molecule has 1 heterocycles. The lowest BCUT2D eigenvalue weighted by Gasteiger charge is -2.27. The zero-order valence-corrected chi connectivity index (χ0v) is 15.4. The van der Waals surface area contributed by atoms with Crippen LogP contribution in [0.4, 0.5) is 0 Å². The van der Waals surface area contributed by atoms with E-state index in [1.807, 2.05) is 12.1 Å². The summed E-state index contributed by atoms with van der Waals surface area (Å²) in [6.45, 7) is 6.38. The van der Waals surface area contributed by atoms with Crippen LogP contribution in [0.5, 0.6) is 0 Å². The molecular weight excluding hydrogens is 332 g/mol. The zero-order chi connectivity index (χ0) is 17.3. The fraction of sp³-hybridized carbons (Fsp3) is 0.429. The molecule has 2 aromatic carbocycles. The minimum atomic E-state index is 0.0719. The van der Waals surface area contributed by atoms with Crippen LogP contribution in [0.25, 0.3) is 0 Å². The number of halogens is 1. The zero-order valence-electron chi connectivity index (χ0n) is 14.7. The summed E-state index contributed by atoms with van der Waals surface area (Å²) in [6.07, 6.45) is 2.03. The molecule has 134 valence electrons. The Balaban J connectivity index is 1.55. The van der Waals surface area contributed by atoms with Crippen LogP contribution < -0.4 is 5.32 Å². The first-order valence-corrected chi connectivity index (χ1v) is 9.53. The van der Waals surface area contributed by atoms with Gasteiger partial charge in [0, 0.05) is 50.8 Å². The third kappa shape index (κ3) is 6.12. The van der Waals surface area contributed by atoms with E-state index in [0.717, 1.165) is 57.2 Å². The minimum absolute atomic E-state index is 0.0719. The van der Waals surface area contributed by atoms with Gasteiger partial charge in [-0.15, -0.1) is 0 Å². The molecule has 3 nitrogen and oxygen atoms in total. The Labute approximate surface area is 155 Å². The largest absolute Gasteiger partial charge is 0.373 e. The van der Waals surface area contributed by atoms with E-state index in [1.165, 1.54) is 11.1 Å². The maximum atomic E-state index is 6.28. The molecule has 0 bridgehead atoms. The van der Waals surface area contributed by atoms with E-state index in [9.17, 15) is 0 Å². The standard InChI is InChI=1S/C21H27ClN2O/c22-20-9-7-19(8-10-20)21(17-18-5-2-1-3-6-18)25-16-4-13-24-14-11-23-12-15-24/h1-3,5-10,21,23H,4,11-17H2. The Morgan fingerprint density at radius 3 is 2.44 bits per heavy atom. The Bertz CT molecular complexity index is 612. The topological polar surface area (TPSA) is 24.5 Å². The Morgan fingerprint density at radius 2 is 1.72 bits per heavy atom. The summed E-state index contributed by atoms with van der Waals surface area (Å²) < 4.78 is 6.28. The van der Waals surface area contributed by atoms with Crippen molar-refractivity contribution < 1.29 is 4.74 Å². The van der Waals surface area contributed by atoms with Crippen LogP contribution in [-0.2, 0) is 11.2 Å². The van der Waals surface area contributed by atoms with Gasteiger partial charge in [-0.05, 0) is 29.7 Å². The van der Waals surface area contributed by atoms with Crippen molar-refractivity contribution in [3.05, 3.63) is 70.7 Å². The van der Waals surface area contributed by atoms with Crippen LogP contribution in [0, 0.1) is 0 Å². The van der Waals surface area contributed by atoms with Crippen molar-refractivity contribution in [2.24, 2.45) is 0 Å². The normalized spacial score (nSPS) is 16.7. The molecule has 1 fully saturated rings. The average Bonchev–Trinajstić information content (AvgIpc) is 2.67. The average molecular weight is 359 g/mol. The molecule has 0 aliphatic carbocycles. The summed E-state index contributed by atoms with van der Waals surface area (Å²) in [4.78, 5) is 2.51. The predicted molar refractivity (Wildman–Crippen MR) is 104 cm³/mol. The molecule has 4 heteroatoms. The highest BCUT2D eigenvalue weighted by atomic mass is 35.5. The van der Waals surface area contributed by atoms with Crippen molar-refractivity contribution in [3.8, 4) is 0 Å². The smallest absolute Gasteiger partial charge is 0.0865 e. The fourth-order valence-corrected chi connectivity index (χ4v) is 3.35. The van der Waals surface area contributed by atoms with E-state index in [4.69, 9.17) is 16.3 Å². The summed E-state index contributed by atoms with van der Waals surface area (Å²) in [6, 6.07) is 18.6. The molecule has 1 aliphatic heterocycles. The lowest BCUT2D eigenvalue weighted by atomic mass is 10.0. The monoisotopic (exact) mass is 358 g/mol. The molecule has 1 saturated heterocycles. The second-order valence-electron chi connectivity index (χ2n) is 6.55. The molecule has 0 aromatic heterocycles. The predicted octanol–water partition coefficient (Wildman–Crippen LogP) is 3.94. The van der Waals surface area contributed by atoms with Crippen LogP contribution >= 0.6 is 11.6 Å². The van der Waals surface area contributed by atoms with Crippen LogP contribution in [0.3, 0.4) is 0 Å². The Hall–Kier alpha value is -1.39. The Morgan fingerprint density at radius 1 is 1.00 bits per heavy atom. The summed E-state index contributed by atoms with van der Waals surface area (Å²) in [7, 11) is 0. The van der Waals surface area contributed by atoms with E-state index < -0.39 is 0 Å². The molecule has 0 radical (unpaired) electrons. The summed E-state index contributed by atoms with van der Waals surface area (Å²) in [5.74, 6) is 0. The van der Waals surface area contributed by atoms with Gasteiger partial charge in [-0.25, -0.2) is 0 Å². The van der Waals surface area contributed by atoms with Crippen molar-refractivity contribution in [2.75, 3.05) is 39.3 Å². The number of rotatable bonds is 8. The number of piperazine rings is 1. The SMILES string of the molecule is Clc1ccc(C(Cc2ccccc2)OCCCN2CCNCC2)cc1. The maximum Gasteiger partial charge on any atom is 0.0865 e. The van der Waals surface area contributed by atoms with Crippen LogP contribution in [0.15, 0.2) is 54.6 Å². The van der Waals surface area contributed by atoms with Crippen LogP contribution in [0.2, 0.25) is 5.02 Å². The van der Waals surface area contributed by atoms with Gasteiger partial charge >= 0.3 is 0 Å². The third-order valence-electron chi connectivity index (χ3n) is 4.65. The fourth-order valence-electron chi connectivity index (χ4n) is 3.23. The van der Waals surface area contributed by atoms with Gasteiger partial charge < -0.3 is 15.0 Å². The molecule has 2 aromatic rings. The first-order chi connectivity index (χ1) is 12.3. The van der Waals surface area contributed by atoms with Gasteiger partial charge in [0.25, 0.3) is 0 Å². The Kier molecular flexibility index (Phi) is 7.31. The first kappa shape index (κ1) is 18.4. The van der Waals surface area contributed by atoms with E-state index in [1.54, 1.807) is 0 Å². The number of ether oxygens (including phenoxy) is 1. The van der Waals surface area contributed by atoms with Crippen molar-refractivity contribution >= 4 is 11.6 Å². The molecular formula is C21H27ClN2O. The second-order valence-corrected chi connectivity index (χ2v) is 6.98. The molecule has 0 amide bonds. The lowest BCUT2D eigenvalue weighted by molar-refractivity contribution is 0.0455. The first-order valence-electron chi connectivity index (χ1n) is 9.15. The highest BCUT2D eigenvalue weighted by Gasteiger charge is 2.14. The van der Waals surface area contributed by atoms with Gasteiger partial charge in [0.05, 0.1) is 6.10 Å². The summed E-state index contributed by atoms with van der Waals surface area (Å²) in [5, 5.41) is 4.16. The number of nitrogens with zero attached hydrogens (tertiary/aromatic N) is 1. The molecule has 0 saturated carbocycles. The van der Waals surface area contributed by atoms with E-state index in [-0.39, 0.29) is 6.10 Å². The van der Waals surface area contributed by atoms with Crippen LogP contribution in [-0.4, -0.2) is 44.2 Å². The number of hydrogen-bond donors (Lipinski definition) is 1. The molecule has 3 rings (SSSR count). The number of nitrogens with one attached hydrogen (secondary N) is 1. The maximum absolute atomic E-state index is 6.28. The van der Waals surface area contributed by atoms with Gasteiger partial charge in [0.15, 0.2) is 0 Å². The second kappa shape index (κ2) is 9.93. The van der Waals surface area contributed by atoms with Gasteiger partial charge in [-0.2, -0.15) is 0 Å². The van der Waals surface area contributed by atoms with Crippen molar-refractivity contribution in [2.45, 2.75) is 18.9 Å². The molecule has 1 N–H and O–H groups in total. The third-order valence-corrected chi connectivity index (χ3v) is 4.91. The number of benzene rings is 2. The highest BCUT2D eigenvalue weighted by molar-refractivity contribution is 6.30. The van der Waals surface area contributed by atoms with Gasteiger partial charge in [0.1, 0.15) is 0 Å². The molecule has 1 atom stereocenters.